The van der Waals surface area contributed by atoms with Gasteiger partial charge in [-0.3, -0.25) is 0 Å². The molecule has 0 amide bonds. The van der Waals surface area contributed by atoms with Gasteiger partial charge in [-0.05, 0) is 43.0 Å². The number of nitrogens with two attached hydrogens (primary N) is 1. The van der Waals surface area contributed by atoms with Crippen molar-refractivity contribution in [2.75, 3.05) is 10.2 Å². The molecular weight excluding hydrogens is 336 g/mol. The quantitative estimate of drug-likeness (QED) is 0.726. The van der Waals surface area contributed by atoms with Gasteiger partial charge < -0.3 is 16.0 Å². The van der Waals surface area contributed by atoms with Gasteiger partial charge in [-0.1, -0.05) is 42.5 Å². The molecule has 0 aliphatic carbocycles. The van der Waals surface area contributed by atoms with Gasteiger partial charge in [0.2, 0.25) is 11.9 Å². The van der Waals surface area contributed by atoms with Crippen LogP contribution in [0.1, 0.15) is 29.4 Å². The van der Waals surface area contributed by atoms with Crippen LogP contribution in [0.3, 0.4) is 0 Å². The number of nitrogens with zero attached hydrogens (tertiary/aromatic N) is 4. The van der Waals surface area contributed by atoms with Crippen LogP contribution in [0.25, 0.3) is 0 Å². The topological polar surface area (TPSA) is 80.0 Å². The predicted octanol–water partition coefficient (Wildman–Crippen LogP) is 3.33. The number of fused-ring (bicyclic) bond motifs is 1. The Morgan fingerprint density at radius 3 is 2.67 bits per heavy atom. The van der Waals surface area contributed by atoms with E-state index >= 15 is 0 Å². The van der Waals surface area contributed by atoms with E-state index in [1.165, 1.54) is 16.7 Å². The molecule has 0 radical (unpaired) electrons. The summed E-state index contributed by atoms with van der Waals surface area (Å²) in [6, 6.07) is 16.8. The van der Waals surface area contributed by atoms with Crippen LogP contribution >= 0.6 is 0 Å². The van der Waals surface area contributed by atoms with E-state index in [4.69, 9.17) is 10.7 Å². The van der Waals surface area contributed by atoms with E-state index in [1.54, 1.807) is 0 Å². The molecule has 2 heterocycles. The summed E-state index contributed by atoms with van der Waals surface area (Å²) in [5.74, 6) is 1.97. The van der Waals surface area contributed by atoms with Gasteiger partial charge >= 0.3 is 0 Å². The first kappa shape index (κ1) is 17.4. The molecule has 0 saturated carbocycles. The third-order valence-electron chi connectivity index (χ3n) is 4.91. The number of hydrogen-bond acceptors (Lipinski definition) is 6. The molecule has 27 heavy (non-hydrogen) atoms. The first-order chi connectivity index (χ1) is 13.2. The Bertz CT molecular complexity index is 941. The van der Waals surface area contributed by atoms with E-state index in [-0.39, 0.29) is 6.04 Å². The van der Waals surface area contributed by atoms with Gasteiger partial charge in [0.05, 0.1) is 0 Å². The highest BCUT2D eigenvalue weighted by Crippen LogP contribution is 2.38. The average Bonchev–Trinajstić information content (AvgIpc) is 3.02. The summed E-state index contributed by atoms with van der Waals surface area (Å²) in [6.45, 7) is 5.31. The third-order valence-corrected chi connectivity index (χ3v) is 4.91. The zero-order valence-electron chi connectivity index (χ0n) is 15.7. The van der Waals surface area contributed by atoms with Gasteiger partial charge in [0.25, 0.3) is 0 Å². The Labute approximate surface area is 159 Å². The van der Waals surface area contributed by atoms with E-state index in [9.17, 15) is 0 Å². The lowest BCUT2D eigenvalue weighted by Crippen LogP contribution is -2.26. The Morgan fingerprint density at radius 1 is 1.07 bits per heavy atom. The van der Waals surface area contributed by atoms with Crippen LogP contribution in [0.5, 0.6) is 0 Å². The molecule has 1 aromatic heterocycles. The van der Waals surface area contributed by atoms with E-state index in [0.29, 0.717) is 30.8 Å². The monoisotopic (exact) mass is 360 g/mol. The zero-order chi connectivity index (χ0) is 18.8. The first-order valence-corrected chi connectivity index (χ1v) is 9.26. The number of anilines is 3. The molecule has 0 spiro atoms. The van der Waals surface area contributed by atoms with E-state index in [1.807, 2.05) is 25.1 Å². The van der Waals surface area contributed by atoms with Gasteiger partial charge in [0.1, 0.15) is 5.82 Å². The van der Waals surface area contributed by atoms with Crippen LogP contribution < -0.4 is 16.0 Å². The summed E-state index contributed by atoms with van der Waals surface area (Å²) < 4.78 is 0. The minimum absolute atomic E-state index is 0.275. The molecule has 6 nitrogen and oxygen atoms in total. The molecule has 2 aromatic carbocycles. The molecule has 1 unspecified atom stereocenters. The van der Waals surface area contributed by atoms with Crippen molar-refractivity contribution < 1.29 is 0 Å². The van der Waals surface area contributed by atoms with Crippen LogP contribution in [0.4, 0.5) is 17.6 Å². The van der Waals surface area contributed by atoms with Crippen molar-refractivity contribution in [1.29, 1.82) is 0 Å². The lowest BCUT2D eigenvalue weighted by molar-refractivity contribution is 0.731. The maximum absolute atomic E-state index is 5.93. The van der Waals surface area contributed by atoms with Crippen molar-refractivity contribution in [2.45, 2.75) is 39.4 Å². The molecule has 1 aliphatic rings. The van der Waals surface area contributed by atoms with Crippen molar-refractivity contribution in [1.82, 2.24) is 15.0 Å². The molecule has 3 N–H and O–H groups in total. The number of aromatic nitrogens is 3. The summed E-state index contributed by atoms with van der Waals surface area (Å²) in [7, 11) is 0. The van der Waals surface area contributed by atoms with E-state index in [2.05, 4.69) is 57.4 Å². The fourth-order valence-corrected chi connectivity index (χ4v) is 3.63. The highest BCUT2D eigenvalue weighted by Gasteiger charge is 2.30. The molecule has 138 valence electrons. The Balaban J connectivity index is 1.64. The largest absolute Gasteiger partial charge is 0.350 e. The number of aryl methyl sites for hydroxylation is 1. The molecule has 4 rings (SSSR count). The van der Waals surface area contributed by atoms with Gasteiger partial charge in [0, 0.05) is 24.8 Å². The van der Waals surface area contributed by atoms with Gasteiger partial charge in [-0.15, -0.1) is 0 Å². The Morgan fingerprint density at radius 2 is 1.89 bits per heavy atom. The summed E-state index contributed by atoms with van der Waals surface area (Å²) in [5.41, 5.74) is 10.7. The van der Waals surface area contributed by atoms with Crippen LogP contribution in [0.15, 0.2) is 48.5 Å². The SMILES string of the molecule is Cc1nc(NCc2ccccc2)nc(N2c3cccc(CN)c3CC2C)n1. The number of hydrogen-bond donors (Lipinski definition) is 2. The van der Waals surface area contributed by atoms with E-state index < -0.39 is 0 Å². The lowest BCUT2D eigenvalue weighted by Gasteiger charge is -2.23. The molecule has 0 saturated heterocycles. The molecule has 6 heteroatoms. The number of rotatable bonds is 5. The molecule has 3 aromatic rings. The molecule has 0 fully saturated rings. The van der Waals surface area contributed by atoms with Crippen LogP contribution in [0.2, 0.25) is 0 Å². The van der Waals surface area contributed by atoms with Crippen molar-refractivity contribution in [3.63, 3.8) is 0 Å². The smallest absolute Gasteiger partial charge is 0.235 e. The zero-order valence-corrected chi connectivity index (χ0v) is 15.7. The second-order valence-corrected chi connectivity index (χ2v) is 6.89. The summed E-state index contributed by atoms with van der Waals surface area (Å²) in [6.07, 6.45) is 0.945. The van der Waals surface area contributed by atoms with E-state index in [0.717, 1.165) is 12.1 Å². The van der Waals surface area contributed by atoms with Crippen LogP contribution in [-0.4, -0.2) is 21.0 Å². The van der Waals surface area contributed by atoms with Gasteiger partial charge in [0.15, 0.2) is 0 Å². The Kier molecular flexibility index (Phi) is 4.73. The minimum atomic E-state index is 0.275. The lowest BCUT2D eigenvalue weighted by atomic mass is 10.0. The van der Waals surface area contributed by atoms with Gasteiger partial charge in [-0.25, -0.2) is 0 Å². The fourth-order valence-electron chi connectivity index (χ4n) is 3.63. The van der Waals surface area contributed by atoms with Crippen molar-refractivity contribution in [3.05, 3.63) is 71.0 Å². The maximum atomic E-state index is 5.93. The number of benzene rings is 2. The van der Waals surface area contributed by atoms with Crippen molar-refractivity contribution >= 4 is 17.6 Å². The third kappa shape index (κ3) is 3.48. The summed E-state index contributed by atoms with van der Waals surface area (Å²) >= 11 is 0. The van der Waals surface area contributed by atoms with Crippen LogP contribution in [0, 0.1) is 6.92 Å². The fraction of sp³-hybridized carbons (Fsp3) is 0.286. The van der Waals surface area contributed by atoms with Crippen LogP contribution in [-0.2, 0) is 19.5 Å². The first-order valence-electron chi connectivity index (χ1n) is 9.26. The maximum Gasteiger partial charge on any atom is 0.235 e. The van der Waals surface area contributed by atoms with Gasteiger partial charge in [-0.2, -0.15) is 15.0 Å². The Hall–Kier alpha value is -2.99. The predicted molar refractivity (Wildman–Crippen MR) is 108 cm³/mol. The highest BCUT2D eigenvalue weighted by molar-refractivity contribution is 5.69. The number of nitrogens with one attached hydrogen (secondary N) is 1. The second-order valence-electron chi connectivity index (χ2n) is 6.89. The minimum Gasteiger partial charge on any atom is -0.350 e. The van der Waals surface area contributed by atoms with Crippen molar-refractivity contribution in [2.24, 2.45) is 5.73 Å². The highest BCUT2D eigenvalue weighted by atomic mass is 15.3. The molecule has 1 aliphatic heterocycles. The molecular formula is C21H24N6. The molecule has 1 atom stereocenters. The summed E-state index contributed by atoms with van der Waals surface area (Å²) in [5, 5.41) is 3.32. The van der Waals surface area contributed by atoms with Crippen molar-refractivity contribution in [3.8, 4) is 0 Å². The summed E-state index contributed by atoms with van der Waals surface area (Å²) in [4.78, 5) is 16.0. The standard InChI is InChI=1S/C21H24N6/c1-14-11-18-17(12-22)9-6-10-19(18)27(14)21-25-15(2)24-20(26-21)23-13-16-7-4-3-5-8-16/h3-10,14H,11-13,22H2,1-2H3,(H,23,24,25,26). The normalized spacial score (nSPS) is 15.7. The second kappa shape index (κ2) is 7.32. The average molecular weight is 360 g/mol. The molecule has 0 bridgehead atoms.